The van der Waals surface area contributed by atoms with Crippen LogP contribution in [-0.2, 0) is 29.7 Å². The highest BCUT2D eigenvalue weighted by Gasteiger charge is 2.55. The summed E-state index contributed by atoms with van der Waals surface area (Å²) in [4.78, 5) is 14.8. The van der Waals surface area contributed by atoms with Crippen LogP contribution in [0.4, 0.5) is 0 Å². The van der Waals surface area contributed by atoms with Gasteiger partial charge in [-0.1, -0.05) is 120 Å². The van der Waals surface area contributed by atoms with Crippen LogP contribution in [0.3, 0.4) is 0 Å². The molecule has 0 amide bonds. The first kappa shape index (κ1) is 37.6. The van der Waals surface area contributed by atoms with E-state index < -0.39 is 52.5 Å². The predicted octanol–water partition coefficient (Wildman–Crippen LogP) is 9.73. The van der Waals surface area contributed by atoms with Gasteiger partial charge in [0.15, 0.2) is 22.7 Å². The number of hydrogen-bond acceptors (Lipinski definition) is 7. The fourth-order valence-corrected chi connectivity index (χ4v) is 8.56. The standard InChI is InChI=1S/C38H54O6SSi2/c1-37(2,3)46(7,8)43-32-31(27-40-26-28-20-14-11-15-21-28)41-36(45-30-24-18-13-19-25-30)34(33(32)44-47(9,10)38(4,5)6)42-35(39)29-22-16-12-17-23-29/h11-25,31-34,36H,26-27H2,1-10H3/t31-,32-,33+,34-,36+/m1/s1. The van der Waals surface area contributed by atoms with Crippen LogP contribution in [0.2, 0.25) is 36.3 Å². The molecule has 0 aliphatic carbocycles. The Kier molecular flexibility index (Phi) is 12.4. The van der Waals surface area contributed by atoms with Crippen LogP contribution < -0.4 is 0 Å². The van der Waals surface area contributed by atoms with Gasteiger partial charge in [0, 0.05) is 4.90 Å². The Labute approximate surface area is 289 Å². The van der Waals surface area contributed by atoms with Gasteiger partial charge in [-0.25, -0.2) is 4.79 Å². The Hall–Kier alpha value is -2.25. The predicted molar refractivity (Wildman–Crippen MR) is 197 cm³/mol. The van der Waals surface area contributed by atoms with E-state index in [9.17, 15) is 4.79 Å². The zero-order valence-corrected chi connectivity index (χ0v) is 32.6. The first-order valence-corrected chi connectivity index (χ1v) is 23.3. The molecule has 0 radical (unpaired) electrons. The maximum Gasteiger partial charge on any atom is 0.338 e. The molecule has 1 heterocycles. The van der Waals surface area contributed by atoms with Crippen molar-refractivity contribution < 1.29 is 27.9 Å². The molecule has 1 aliphatic rings. The topological polar surface area (TPSA) is 63.2 Å². The molecule has 0 bridgehead atoms. The average molecular weight is 695 g/mol. The number of rotatable bonds is 12. The van der Waals surface area contributed by atoms with Gasteiger partial charge in [0.2, 0.25) is 0 Å². The number of thioether (sulfide) groups is 1. The Morgan fingerprint density at radius 2 is 1.19 bits per heavy atom. The van der Waals surface area contributed by atoms with Crippen LogP contribution in [0.1, 0.15) is 57.5 Å². The molecule has 1 aliphatic heterocycles. The normalized spacial score (nSPS) is 22.6. The molecular formula is C38H54O6SSi2. The molecule has 0 N–H and O–H groups in total. The molecule has 4 rings (SSSR count). The van der Waals surface area contributed by atoms with Gasteiger partial charge >= 0.3 is 5.97 Å². The molecule has 0 spiro atoms. The SMILES string of the molecule is CC(C)(C)[Si](C)(C)O[C@@H]1[C@@H](OC(=O)c2ccccc2)[C@H](Sc2ccccc2)O[C@H](COCc2ccccc2)[C@H]1O[Si](C)(C)C(C)(C)C. The maximum atomic E-state index is 13.8. The van der Waals surface area contributed by atoms with Crippen LogP contribution in [0, 0.1) is 0 Å². The summed E-state index contributed by atoms with van der Waals surface area (Å²) < 4.78 is 34.4. The number of carbonyl (C=O) groups is 1. The number of carbonyl (C=O) groups excluding carboxylic acids is 1. The van der Waals surface area contributed by atoms with Crippen LogP contribution in [0.15, 0.2) is 95.9 Å². The van der Waals surface area contributed by atoms with Crippen LogP contribution in [-0.4, -0.2) is 59.1 Å². The molecule has 0 saturated carbocycles. The van der Waals surface area contributed by atoms with Crippen molar-refractivity contribution in [3.8, 4) is 0 Å². The van der Waals surface area contributed by atoms with E-state index in [-0.39, 0.29) is 10.1 Å². The van der Waals surface area contributed by atoms with Crippen LogP contribution in [0.25, 0.3) is 0 Å². The summed E-state index contributed by atoms with van der Waals surface area (Å²) >= 11 is 1.54. The van der Waals surface area contributed by atoms with E-state index in [1.807, 2.05) is 66.7 Å². The lowest BCUT2D eigenvalue weighted by atomic mass is 10.00. The molecule has 256 valence electrons. The molecule has 1 saturated heterocycles. The summed E-state index contributed by atoms with van der Waals surface area (Å²) in [7, 11) is -4.80. The zero-order valence-electron chi connectivity index (χ0n) is 29.8. The fourth-order valence-electron chi connectivity index (χ4n) is 4.81. The third kappa shape index (κ3) is 9.91. The van der Waals surface area contributed by atoms with E-state index in [4.69, 9.17) is 23.1 Å². The summed E-state index contributed by atoms with van der Waals surface area (Å²) in [5.74, 6) is -0.411. The first-order valence-electron chi connectivity index (χ1n) is 16.6. The summed E-state index contributed by atoms with van der Waals surface area (Å²) in [6.07, 6.45) is -2.32. The second-order valence-corrected chi connectivity index (χ2v) is 26.1. The van der Waals surface area contributed by atoms with Gasteiger partial charge in [0.1, 0.15) is 23.7 Å². The second-order valence-electron chi connectivity index (χ2n) is 15.4. The first-order chi connectivity index (χ1) is 22.0. The lowest BCUT2D eigenvalue weighted by molar-refractivity contribution is -0.202. The van der Waals surface area contributed by atoms with Crippen molar-refractivity contribution >= 4 is 34.4 Å². The molecule has 1 fully saturated rings. The molecule has 3 aromatic carbocycles. The second kappa shape index (κ2) is 15.5. The lowest BCUT2D eigenvalue weighted by Gasteiger charge is -2.52. The largest absolute Gasteiger partial charge is 0.452 e. The van der Waals surface area contributed by atoms with Crippen molar-refractivity contribution in [2.45, 2.75) is 119 Å². The third-order valence-electron chi connectivity index (χ3n) is 9.71. The minimum Gasteiger partial charge on any atom is -0.452 e. The van der Waals surface area contributed by atoms with Crippen molar-refractivity contribution in [1.29, 1.82) is 0 Å². The van der Waals surface area contributed by atoms with Crippen molar-refractivity contribution in [1.82, 2.24) is 0 Å². The van der Waals surface area contributed by atoms with E-state index >= 15 is 0 Å². The smallest absolute Gasteiger partial charge is 0.338 e. The Morgan fingerprint density at radius 3 is 1.72 bits per heavy atom. The van der Waals surface area contributed by atoms with E-state index in [1.54, 1.807) is 23.9 Å². The van der Waals surface area contributed by atoms with E-state index in [1.165, 1.54) is 0 Å². The molecular weight excluding hydrogens is 641 g/mol. The van der Waals surface area contributed by atoms with Gasteiger partial charge in [0.25, 0.3) is 0 Å². The number of esters is 1. The highest BCUT2D eigenvalue weighted by Crippen LogP contribution is 2.45. The van der Waals surface area contributed by atoms with Crippen molar-refractivity contribution in [3.63, 3.8) is 0 Å². The summed E-state index contributed by atoms with van der Waals surface area (Å²) in [5, 5.41) is -0.169. The number of benzene rings is 3. The summed E-state index contributed by atoms with van der Waals surface area (Å²) in [6.45, 7) is 23.1. The van der Waals surface area contributed by atoms with Gasteiger partial charge in [-0.15, -0.1) is 0 Å². The molecule has 6 nitrogen and oxygen atoms in total. The van der Waals surface area contributed by atoms with Crippen molar-refractivity contribution in [2.24, 2.45) is 0 Å². The van der Waals surface area contributed by atoms with Gasteiger partial charge in [-0.05, 0) is 66.1 Å². The molecule has 5 atom stereocenters. The fraction of sp³-hybridized carbons (Fsp3) is 0.500. The van der Waals surface area contributed by atoms with Gasteiger partial charge in [-0.3, -0.25) is 0 Å². The molecule has 9 heteroatoms. The van der Waals surface area contributed by atoms with Gasteiger partial charge in [-0.2, -0.15) is 0 Å². The van der Waals surface area contributed by atoms with Crippen LogP contribution >= 0.6 is 11.8 Å². The number of ether oxygens (including phenoxy) is 3. The van der Waals surface area contributed by atoms with Crippen LogP contribution in [0.5, 0.6) is 0 Å². The summed E-state index contributed by atoms with van der Waals surface area (Å²) in [6, 6.07) is 29.4. The average Bonchev–Trinajstić information content (AvgIpc) is 3.00. The van der Waals surface area contributed by atoms with Crippen molar-refractivity contribution in [2.75, 3.05) is 6.61 Å². The van der Waals surface area contributed by atoms with Crippen molar-refractivity contribution in [3.05, 3.63) is 102 Å². The Balaban J connectivity index is 1.81. The van der Waals surface area contributed by atoms with E-state index in [0.29, 0.717) is 18.8 Å². The Morgan fingerprint density at radius 1 is 0.702 bits per heavy atom. The lowest BCUT2D eigenvalue weighted by Crippen LogP contribution is -2.66. The third-order valence-corrected chi connectivity index (χ3v) is 19.8. The Bertz CT molecular complexity index is 1410. The molecule has 0 aromatic heterocycles. The van der Waals surface area contributed by atoms with E-state index in [2.05, 4.69) is 79.9 Å². The highest BCUT2D eigenvalue weighted by atomic mass is 32.2. The summed E-state index contributed by atoms with van der Waals surface area (Å²) in [5.41, 5.74) is 1.01. The quantitative estimate of drug-likeness (QED) is 0.138. The minimum absolute atomic E-state index is 0.0736. The molecule has 0 unspecified atom stereocenters. The van der Waals surface area contributed by atoms with Gasteiger partial charge < -0.3 is 23.1 Å². The van der Waals surface area contributed by atoms with Gasteiger partial charge in [0.05, 0.1) is 18.8 Å². The highest BCUT2D eigenvalue weighted by molar-refractivity contribution is 7.99. The zero-order chi connectivity index (χ0) is 34.5. The maximum absolute atomic E-state index is 13.8. The van der Waals surface area contributed by atoms with E-state index in [0.717, 1.165) is 10.5 Å². The molecule has 47 heavy (non-hydrogen) atoms. The minimum atomic E-state index is -2.42. The molecule has 3 aromatic rings. The number of hydrogen-bond donors (Lipinski definition) is 0. The monoisotopic (exact) mass is 694 g/mol.